The third kappa shape index (κ3) is 5.14. The van der Waals surface area contributed by atoms with Crippen molar-refractivity contribution in [2.45, 2.75) is 37.4 Å². The van der Waals surface area contributed by atoms with Crippen LogP contribution in [0.3, 0.4) is 0 Å². The van der Waals surface area contributed by atoms with Crippen LogP contribution >= 0.6 is 11.3 Å². The summed E-state index contributed by atoms with van der Waals surface area (Å²) in [5, 5.41) is 11.9. The molecule has 1 aromatic heterocycles. The van der Waals surface area contributed by atoms with Gasteiger partial charge >= 0.3 is 0 Å². The molecular formula is C26H26N4O2S. The Balaban J connectivity index is 1.50. The highest BCUT2D eigenvalue weighted by atomic mass is 32.1. The topological polar surface area (TPSA) is 99.2 Å². The van der Waals surface area contributed by atoms with Gasteiger partial charge in [0.05, 0.1) is 12.6 Å². The quantitative estimate of drug-likeness (QED) is 0.567. The fourth-order valence-electron chi connectivity index (χ4n) is 4.39. The van der Waals surface area contributed by atoms with Crippen LogP contribution in [0.15, 0.2) is 72.8 Å². The lowest BCUT2D eigenvalue weighted by Gasteiger charge is -2.31. The molecule has 0 bridgehead atoms. The summed E-state index contributed by atoms with van der Waals surface area (Å²) in [5.74, 6) is -0.705. The molecule has 0 radical (unpaired) electrons. The predicted molar refractivity (Wildman–Crippen MR) is 128 cm³/mol. The maximum atomic E-state index is 13.6. The Hall–Kier alpha value is -3.47. The summed E-state index contributed by atoms with van der Waals surface area (Å²) in [6.07, 6.45) is 1.37. The van der Waals surface area contributed by atoms with E-state index in [2.05, 4.69) is 11.4 Å². The Labute approximate surface area is 197 Å². The highest BCUT2D eigenvalue weighted by molar-refractivity contribution is 7.12. The summed E-state index contributed by atoms with van der Waals surface area (Å²) < 4.78 is 0. The van der Waals surface area contributed by atoms with Gasteiger partial charge in [-0.25, -0.2) is 0 Å². The van der Waals surface area contributed by atoms with Crippen molar-refractivity contribution in [2.24, 2.45) is 5.73 Å². The van der Waals surface area contributed by atoms with E-state index in [1.807, 2.05) is 66.7 Å². The number of nitriles is 1. The number of nitrogens with zero attached hydrogens (tertiary/aromatic N) is 2. The Bertz CT molecular complexity index is 1100. The Morgan fingerprint density at radius 2 is 1.70 bits per heavy atom. The van der Waals surface area contributed by atoms with E-state index in [9.17, 15) is 9.59 Å². The van der Waals surface area contributed by atoms with Gasteiger partial charge in [-0.1, -0.05) is 60.7 Å². The predicted octanol–water partition coefficient (Wildman–Crippen LogP) is 3.39. The van der Waals surface area contributed by atoms with Crippen LogP contribution in [0.2, 0.25) is 0 Å². The van der Waals surface area contributed by atoms with Gasteiger partial charge in [-0.15, -0.1) is 11.3 Å². The monoisotopic (exact) mass is 458 g/mol. The summed E-state index contributed by atoms with van der Waals surface area (Å²) in [4.78, 5) is 29.6. The number of hydrogen-bond acceptors (Lipinski definition) is 5. The minimum Gasteiger partial charge on any atom is -0.349 e. The second-order valence-electron chi connectivity index (χ2n) is 8.11. The smallest absolute Gasteiger partial charge is 0.243 e. The van der Waals surface area contributed by atoms with Crippen molar-refractivity contribution in [2.75, 3.05) is 6.54 Å². The Kier molecular flexibility index (Phi) is 7.18. The maximum absolute atomic E-state index is 13.6. The highest BCUT2D eigenvalue weighted by Gasteiger charge is 2.39. The molecule has 2 atom stereocenters. The number of benzene rings is 2. The van der Waals surface area contributed by atoms with E-state index in [4.69, 9.17) is 11.0 Å². The van der Waals surface area contributed by atoms with Gasteiger partial charge in [0.25, 0.3) is 0 Å². The van der Waals surface area contributed by atoms with E-state index in [1.165, 1.54) is 11.3 Å². The van der Waals surface area contributed by atoms with Crippen LogP contribution in [0.1, 0.15) is 39.6 Å². The van der Waals surface area contributed by atoms with Crippen molar-refractivity contribution >= 4 is 23.2 Å². The lowest BCUT2D eigenvalue weighted by Crippen LogP contribution is -2.52. The van der Waals surface area contributed by atoms with Gasteiger partial charge < -0.3 is 16.0 Å². The molecule has 33 heavy (non-hydrogen) atoms. The average Bonchev–Trinajstić information content (AvgIpc) is 3.53. The zero-order chi connectivity index (χ0) is 23.2. The molecule has 3 aromatic rings. The van der Waals surface area contributed by atoms with E-state index in [-0.39, 0.29) is 17.7 Å². The van der Waals surface area contributed by atoms with Crippen molar-refractivity contribution < 1.29 is 9.59 Å². The summed E-state index contributed by atoms with van der Waals surface area (Å²) in [6.45, 7) is 0.852. The van der Waals surface area contributed by atoms with Gasteiger partial charge in [-0.05, 0) is 36.1 Å². The van der Waals surface area contributed by atoms with Crippen LogP contribution in [0.5, 0.6) is 0 Å². The molecule has 2 amide bonds. The first kappa shape index (κ1) is 22.7. The standard InChI is InChI=1S/C26H26N4O2S/c27-16-20-13-14-21(33-20)17-29-25(31)22-12-7-15-30(22)26(32)24(28)23(18-8-3-1-4-9-18)19-10-5-2-6-11-19/h1-6,8-11,13-14,22-24H,7,12,15,17,28H2,(H,29,31)/t22?,24-/m1/s1. The van der Waals surface area contributed by atoms with Crippen LogP contribution < -0.4 is 11.1 Å². The maximum Gasteiger partial charge on any atom is 0.243 e. The molecule has 2 heterocycles. The minimum atomic E-state index is -0.807. The van der Waals surface area contributed by atoms with Crippen LogP contribution in [0, 0.1) is 11.3 Å². The molecule has 168 valence electrons. The summed E-state index contributed by atoms with van der Waals surface area (Å²) in [6, 6.07) is 23.9. The molecule has 0 spiro atoms. The first-order valence-corrected chi connectivity index (χ1v) is 11.8. The number of carbonyl (C=O) groups excluding carboxylic acids is 2. The van der Waals surface area contributed by atoms with Crippen molar-refractivity contribution in [1.29, 1.82) is 5.26 Å². The van der Waals surface area contributed by atoms with Gasteiger partial charge in [0.2, 0.25) is 11.8 Å². The molecule has 1 fully saturated rings. The first-order chi connectivity index (χ1) is 16.1. The van der Waals surface area contributed by atoms with Crippen molar-refractivity contribution in [3.05, 3.63) is 93.7 Å². The number of likely N-dealkylation sites (tertiary alicyclic amines) is 1. The molecule has 1 unspecified atom stereocenters. The third-order valence-electron chi connectivity index (χ3n) is 6.01. The zero-order valence-corrected chi connectivity index (χ0v) is 19.0. The Morgan fingerprint density at radius 1 is 1.06 bits per heavy atom. The number of thiophene rings is 1. The second kappa shape index (κ2) is 10.4. The SMILES string of the molecule is N#Cc1ccc(CNC(=O)C2CCCN2C(=O)[C@H](N)C(c2ccccc2)c2ccccc2)s1. The van der Waals surface area contributed by atoms with Crippen LogP contribution in [0.25, 0.3) is 0 Å². The highest BCUT2D eigenvalue weighted by Crippen LogP contribution is 2.30. The summed E-state index contributed by atoms with van der Waals surface area (Å²) in [5.41, 5.74) is 8.54. The first-order valence-electron chi connectivity index (χ1n) is 11.0. The summed E-state index contributed by atoms with van der Waals surface area (Å²) >= 11 is 1.35. The third-order valence-corrected chi connectivity index (χ3v) is 7.00. The second-order valence-corrected chi connectivity index (χ2v) is 9.28. The van der Waals surface area contributed by atoms with Crippen molar-refractivity contribution in [3.8, 4) is 6.07 Å². The van der Waals surface area contributed by atoms with Crippen LogP contribution in [0.4, 0.5) is 0 Å². The minimum absolute atomic E-state index is 0.184. The van der Waals surface area contributed by atoms with Gasteiger partial charge in [-0.3, -0.25) is 9.59 Å². The van der Waals surface area contributed by atoms with E-state index in [1.54, 1.807) is 11.0 Å². The largest absolute Gasteiger partial charge is 0.349 e. The summed E-state index contributed by atoms with van der Waals surface area (Å²) in [7, 11) is 0. The number of amides is 2. The normalized spacial score (nSPS) is 16.4. The molecule has 7 heteroatoms. The fraction of sp³-hybridized carbons (Fsp3) is 0.269. The molecule has 0 aliphatic carbocycles. The molecule has 3 N–H and O–H groups in total. The van der Waals surface area contributed by atoms with Crippen molar-refractivity contribution in [1.82, 2.24) is 10.2 Å². The van der Waals surface area contributed by atoms with Gasteiger partial charge in [0.15, 0.2) is 0 Å². The molecule has 0 saturated carbocycles. The zero-order valence-electron chi connectivity index (χ0n) is 18.2. The number of carbonyl (C=O) groups is 2. The number of nitrogens with two attached hydrogens (primary N) is 1. The average molecular weight is 459 g/mol. The van der Waals surface area contributed by atoms with Crippen molar-refractivity contribution in [3.63, 3.8) is 0 Å². The molecule has 1 saturated heterocycles. The van der Waals surface area contributed by atoms with Gasteiger partial charge in [0.1, 0.15) is 17.0 Å². The Morgan fingerprint density at radius 3 is 2.27 bits per heavy atom. The molecule has 1 aliphatic rings. The van der Waals surface area contributed by atoms with E-state index >= 15 is 0 Å². The van der Waals surface area contributed by atoms with Gasteiger partial charge in [0, 0.05) is 17.3 Å². The fourth-order valence-corrected chi connectivity index (χ4v) is 5.13. The molecule has 2 aromatic carbocycles. The molecule has 4 rings (SSSR count). The van der Waals surface area contributed by atoms with Gasteiger partial charge in [-0.2, -0.15) is 5.26 Å². The van der Waals surface area contributed by atoms with E-state index in [0.29, 0.717) is 24.4 Å². The number of rotatable bonds is 7. The molecule has 1 aliphatic heterocycles. The van der Waals surface area contributed by atoms with E-state index in [0.717, 1.165) is 22.4 Å². The number of nitrogens with one attached hydrogen (secondary N) is 1. The lowest BCUT2D eigenvalue weighted by atomic mass is 9.84. The molecular weight excluding hydrogens is 432 g/mol. The molecule has 6 nitrogen and oxygen atoms in total. The van der Waals surface area contributed by atoms with Crippen LogP contribution in [-0.2, 0) is 16.1 Å². The number of hydrogen-bond donors (Lipinski definition) is 2. The van der Waals surface area contributed by atoms with Crippen LogP contribution in [-0.4, -0.2) is 35.3 Å². The van der Waals surface area contributed by atoms with E-state index < -0.39 is 12.1 Å². The lowest BCUT2D eigenvalue weighted by molar-refractivity contribution is -0.139.